The van der Waals surface area contributed by atoms with Gasteiger partial charge < -0.3 is 445 Å². The van der Waals surface area contributed by atoms with Gasteiger partial charge in [-0.15, -0.1) is 0 Å². The van der Waals surface area contributed by atoms with Crippen LogP contribution in [0.25, 0.3) is 0 Å². The molecule has 0 aromatic rings. The maximum atomic E-state index is 7.17. The van der Waals surface area contributed by atoms with Crippen LogP contribution in [0.3, 0.4) is 0 Å². The quantitative estimate of drug-likeness (QED) is 0.0608. The topological polar surface area (TPSA) is 2600 Å². The van der Waals surface area contributed by atoms with Crippen LogP contribution < -0.4 is 310 Å². The molecule has 0 spiro atoms. The van der Waals surface area contributed by atoms with Gasteiger partial charge in [0, 0.05) is 0 Å². The largest absolute Gasteiger partial charge is 0.631 e. The first kappa shape index (κ1) is 242. The highest BCUT2D eigenvalue weighted by Crippen LogP contribution is 1.44. The third-order valence-corrected chi connectivity index (χ3v) is 0. The number of nitrogens with one attached hydrogen (secondary N) is 27. The molecule has 0 amide bonds. The van der Waals surface area contributed by atoms with E-state index >= 15 is 0 Å². The summed E-state index contributed by atoms with van der Waals surface area (Å²) in [5.74, 6) is -9.00. The van der Waals surface area contributed by atoms with E-state index in [1.165, 1.54) is 0 Å². The van der Waals surface area contributed by atoms with Crippen LogP contribution in [0.15, 0.2) is 0 Å². The summed E-state index contributed by atoms with van der Waals surface area (Å²) in [6, 6.07) is 0. The first-order chi connectivity index (χ1) is 62.4. The third-order valence-electron chi connectivity index (χ3n) is 0. The van der Waals surface area contributed by atoms with Crippen molar-refractivity contribution in [2.45, 2.75) is 0 Å². The molecule has 0 saturated carbocycles. The summed E-state index contributed by atoms with van der Waals surface area (Å²) in [5.41, 5.74) is 242. The molecule has 0 atom stereocenters. The average Bonchev–Trinajstić information content (AvgIpc) is 3.42. The highest BCUT2D eigenvalue weighted by molar-refractivity contribution is 6.32. The Balaban J connectivity index is -0.0000000245. The Morgan fingerprint density at radius 1 is 0.0694 bits per heavy atom. The van der Waals surface area contributed by atoms with Gasteiger partial charge in [0.05, 0.1) is 0 Å². The van der Waals surface area contributed by atoms with Crippen LogP contribution in [-0.2, 0) is 0 Å². The van der Waals surface area contributed by atoms with Gasteiger partial charge in [-0.05, 0) is 0 Å². The molecule has 864 valence electrons. The number of guanidine groups is 27. The van der Waals surface area contributed by atoms with Crippen molar-refractivity contribution in [1.82, 2.24) is 0 Å². The standard InChI is InChI=1S/27CH5N3.9BH3O3/c36*2-1(3)4/h27*(H5,2,3,4);9*2-4H. The molecule has 0 bridgehead atoms. The lowest BCUT2D eigenvalue weighted by atomic mass is 10.3. The van der Waals surface area contributed by atoms with Crippen LogP contribution >= 0.6 is 0 Å². The van der Waals surface area contributed by atoms with Crippen LogP contribution in [0.4, 0.5) is 0 Å². The zero-order valence-corrected chi connectivity index (χ0v) is 75.4. The molecule has 0 aliphatic heterocycles. The zero-order valence-electron chi connectivity index (χ0n) is 75.4. The van der Waals surface area contributed by atoms with Crippen molar-refractivity contribution in [2.24, 2.45) is 310 Å². The number of rotatable bonds is 0. The molecule has 0 aromatic heterocycles. The van der Waals surface area contributed by atoms with E-state index in [2.05, 4.69) is 310 Å². The fraction of sp³-hybridized carbons (Fsp3) is 0. The van der Waals surface area contributed by atoms with Gasteiger partial charge in [0.15, 0.2) is 161 Å². The van der Waals surface area contributed by atoms with E-state index in [4.69, 9.17) is 282 Å². The third kappa shape index (κ3) is 4350. The Morgan fingerprint density at radius 2 is 0.0694 bits per heavy atom. The van der Waals surface area contributed by atoms with Gasteiger partial charge in [-0.2, -0.15) is 0 Å². The Kier molecular flexibility index (Phi) is 397. The lowest BCUT2D eigenvalue weighted by molar-refractivity contribution is 0.276. The maximum absolute atomic E-state index is 7.17. The summed E-state index contributed by atoms with van der Waals surface area (Å²) in [5, 5.41) is 357. The van der Waals surface area contributed by atoms with E-state index in [9.17, 15) is 0 Å². The van der Waals surface area contributed by atoms with Crippen LogP contribution in [0.1, 0.15) is 0 Å². The minimum atomic E-state index is -2.17. The summed E-state index contributed by atoms with van der Waals surface area (Å²) < 4.78 is 0. The second-order valence-corrected chi connectivity index (χ2v) is 15.4. The van der Waals surface area contributed by atoms with Crippen LogP contribution in [-0.4, -0.2) is 362 Å². The van der Waals surface area contributed by atoms with Crippen molar-refractivity contribution < 1.29 is 136 Å². The molecule has 0 aliphatic rings. The normalized spacial score (nSPS) is 6.19. The van der Waals surface area contributed by atoms with E-state index in [1.807, 2.05) is 0 Å². The van der Waals surface area contributed by atoms with Gasteiger partial charge in [0.1, 0.15) is 0 Å². The Morgan fingerprint density at radius 3 is 0.0694 bits per heavy atom. The first-order valence-electron chi connectivity index (χ1n) is 29.3. The van der Waals surface area contributed by atoms with E-state index in [0.717, 1.165) is 0 Å². The summed E-state index contributed by atoms with van der Waals surface area (Å²) in [6.07, 6.45) is 0. The molecule has 144 heavy (non-hydrogen) atoms. The van der Waals surface area contributed by atoms with Crippen molar-refractivity contribution in [3.8, 4) is 0 Å². The highest BCUT2D eigenvalue weighted by Gasteiger charge is 1.96. The number of nitrogens with two attached hydrogens (primary N) is 54. The maximum Gasteiger partial charge on any atom is 0.631 e. The van der Waals surface area contributed by atoms with Crippen molar-refractivity contribution in [2.75, 3.05) is 0 Å². The molecule has 162 N–H and O–H groups in total. The van der Waals surface area contributed by atoms with Gasteiger partial charge in [0.25, 0.3) is 0 Å². The van der Waals surface area contributed by atoms with Gasteiger partial charge in [0.2, 0.25) is 0 Å². The van der Waals surface area contributed by atoms with Crippen LogP contribution in [0, 0.1) is 146 Å². The highest BCUT2D eigenvalue weighted by atomic mass is 16.6. The molecular formula is C27H162B9N81O27. The molecule has 0 heterocycles. The van der Waals surface area contributed by atoms with Gasteiger partial charge in [-0.1, -0.05) is 0 Å². The molecule has 0 saturated heterocycles. The van der Waals surface area contributed by atoms with Crippen molar-refractivity contribution in [3.63, 3.8) is 0 Å². The number of hydrogen-bond donors (Lipinski definition) is 108. The first-order valence-corrected chi connectivity index (χ1v) is 29.3. The fourth-order valence-electron chi connectivity index (χ4n) is 0. The van der Waals surface area contributed by atoms with E-state index in [-0.39, 0.29) is 161 Å². The van der Waals surface area contributed by atoms with Gasteiger partial charge in [-0.3, -0.25) is 146 Å². The minimum absolute atomic E-state index is 0.333. The molecule has 0 fully saturated rings. The summed E-state index contributed by atoms with van der Waals surface area (Å²) in [6.45, 7) is 0. The Hall–Kier alpha value is -20.2. The SMILES string of the molecule is N=C(N)N.N=C(N)N.N=C(N)N.N=C(N)N.N=C(N)N.N=C(N)N.N=C(N)N.N=C(N)N.N=C(N)N.N=C(N)N.N=C(N)N.N=C(N)N.N=C(N)N.N=C(N)N.N=C(N)N.N=C(N)N.N=C(N)N.N=C(N)N.N=C(N)N.N=C(N)N.N=C(N)N.N=C(N)N.N=C(N)N.N=C(N)N.N=C(N)N.N=C(N)N.N=C(N)N.OB(O)O.OB(O)O.OB(O)O.OB(O)O.OB(O)O.OB(O)O.OB(O)O.OB(O)O.OB(O)O. The Labute approximate surface area is 816 Å². The van der Waals surface area contributed by atoms with Gasteiger partial charge >= 0.3 is 65.9 Å². The van der Waals surface area contributed by atoms with Crippen LogP contribution in [0.5, 0.6) is 0 Å². The molecule has 0 radical (unpaired) electrons. The van der Waals surface area contributed by atoms with Crippen molar-refractivity contribution in [3.05, 3.63) is 0 Å². The minimum Gasteiger partial charge on any atom is -0.402 e. The summed E-state index contributed by atoms with van der Waals surface area (Å²) in [7, 11) is -19.5. The molecular weight excluding hydrogens is 1990 g/mol. The van der Waals surface area contributed by atoms with Crippen LogP contribution in [0.2, 0.25) is 0 Å². The lowest BCUT2D eigenvalue weighted by Gasteiger charge is -1.69. The fourth-order valence-corrected chi connectivity index (χ4v) is 0. The Bertz CT molecular complexity index is 1980. The zero-order chi connectivity index (χ0) is 129. The number of hydrogen-bond acceptors (Lipinski definition) is 54. The molecule has 0 aromatic carbocycles. The van der Waals surface area contributed by atoms with E-state index in [1.54, 1.807) is 0 Å². The van der Waals surface area contributed by atoms with Crippen molar-refractivity contribution >= 4 is 227 Å². The summed E-state index contributed by atoms with van der Waals surface area (Å²) in [4.78, 5) is 0. The molecule has 108 nitrogen and oxygen atoms in total. The molecule has 0 aliphatic carbocycles. The predicted octanol–water partition coefficient (Wildman–Crippen LogP) is -49.8. The second-order valence-electron chi connectivity index (χ2n) is 15.4. The van der Waals surface area contributed by atoms with Crippen molar-refractivity contribution in [1.29, 1.82) is 146 Å². The predicted molar refractivity (Wildman–Crippen MR) is 546 cm³/mol. The molecule has 0 rings (SSSR count). The average molecular weight is 2150 g/mol. The second kappa shape index (κ2) is 236. The van der Waals surface area contributed by atoms with E-state index < -0.39 is 65.9 Å². The monoisotopic (exact) mass is 2150 g/mol. The van der Waals surface area contributed by atoms with E-state index in [0.29, 0.717) is 0 Å². The summed E-state index contributed by atoms with van der Waals surface area (Å²) >= 11 is 0. The van der Waals surface area contributed by atoms with Gasteiger partial charge in [-0.25, -0.2) is 0 Å². The molecule has 0 unspecified atom stereocenters. The smallest absolute Gasteiger partial charge is 0.402 e. The lowest BCUT2D eigenvalue weighted by Crippen LogP contribution is -2.20. The molecule has 117 heteroatoms.